The second-order valence-electron chi connectivity index (χ2n) is 9.01. The Bertz CT molecular complexity index is 1460. The summed E-state index contributed by atoms with van der Waals surface area (Å²) in [7, 11) is 0. The summed E-state index contributed by atoms with van der Waals surface area (Å²) in [4.78, 5) is 40.3. The number of carbonyl (C=O) groups is 3. The highest BCUT2D eigenvalue weighted by atomic mass is 16.2. The summed E-state index contributed by atoms with van der Waals surface area (Å²) in [6.45, 7) is 2.41. The van der Waals surface area contributed by atoms with Crippen LogP contribution >= 0.6 is 0 Å². The van der Waals surface area contributed by atoms with Crippen LogP contribution < -0.4 is 11.1 Å². The Morgan fingerprint density at radius 2 is 1.77 bits per heavy atom. The van der Waals surface area contributed by atoms with Crippen LogP contribution in [0.25, 0.3) is 21.7 Å². The van der Waals surface area contributed by atoms with E-state index in [0.29, 0.717) is 23.9 Å². The average Bonchev–Trinajstić information content (AvgIpc) is 3.22. The van der Waals surface area contributed by atoms with Gasteiger partial charge in [-0.1, -0.05) is 48.5 Å². The third-order valence-electron chi connectivity index (χ3n) is 6.57. The number of aromatic nitrogens is 2. The standard InChI is InChI=1S/C27H27N5O3/c1-17-14-18-8-2-3-9-19(18)21(15-17)29-27(35)23-12-6-7-13-31(23)24(33)16-32-22-11-5-4-10-20(22)25(30-32)26(28)34/h2-5,8-11,14-15,23H,6-7,12-13,16H2,1H3,(H2,28,34)(H,29,35)/t23-/m0/s1. The molecule has 0 spiro atoms. The topological polar surface area (TPSA) is 110 Å². The molecule has 8 nitrogen and oxygen atoms in total. The van der Waals surface area contributed by atoms with Crippen molar-refractivity contribution >= 4 is 45.1 Å². The molecular weight excluding hydrogens is 442 g/mol. The van der Waals surface area contributed by atoms with Crippen LogP contribution in [0.15, 0.2) is 60.7 Å². The number of rotatable bonds is 5. The number of benzene rings is 3. The quantitative estimate of drug-likeness (QED) is 0.465. The van der Waals surface area contributed by atoms with Crippen molar-refractivity contribution in [2.45, 2.75) is 38.8 Å². The second kappa shape index (κ2) is 9.21. The number of amides is 3. The van der Waals surface area contributed by atoms with Gasteiger partial charge in [0.15, 0.2) is 5.69 Å². The summed E-state index contributed by atoms with van der Waals surface area (Å²) in [6.07, 6.45) is 2.29. The van der Waals surface area contributed by atoms with Crippen LogP contribution in [0.3, 0.4) is 0 Å². The zero-order chi connectivity index (χ0) is 24.5. The van der Waals surface area contributed by atoms with Crippen molar-refractivity contribution in [1.29, 1.82) is 0 Å². The molecule has 3 aromatic carbocycles. The molecule has 3 N–H and O–H groups in total. The summed E-state index contributed by atoms with van der Waals surface area (Å²) >= 11 is 0. The lowest BCUT2D eigenvalue weighted by Gasteiger charge is -2.35. The van der Waals surface area contributed by atoms with E-state index in [0.717, 1.165) is 34.9 Å². The number of piperidine rings is 1. The molecule has 8 heteroatoms. The number of carbonyl (C=O) groups excluding carboxylic acids is 3. The zero-order valence-electron chi connectivity index (χ0n) is 19.5. The van der Waals surface area contributed by atoms with Crippen molar-refractivity contribution in [1.82, 2.24) is 14.7 Å². The van der Waals surface area contributed by atoms with Crippen LogP contribution in [0.4, 0.5) is 5.69 Å². The molecule has 0 radical (unpaired) electrons. The Labute approximate surface area is 202 Å². The van der Waals surface area contributed by atoms with Crippen LogP contribution in [-0.2, 0) is 16.1 Å². The summed E-state index contributed by atoms with van der Waals surface area (Å²) in [5.41, 5.74) is 8.06. The lowest BCUT2D eigenvalue weighted by atomic mass is 10.00. The van der Waals surface area contributed by atoms with Crippen molar-refractivity contribution in [2.75, 3.05) is 11.9 Å². The summed E-state index contributed by atoms with van der Waals surface area (Å²) in [5, 5.41) is 9.99. The number of fused-ring (bicyclic) bond motifs is 2. The minimum absolute atomic E-state index is 0.0784. The van der Waals surface area contributed by atoms with Gasteiger partial charge in [0.25, 0.3) is 5.91 Å². The number of primary amides is 1. The monoisotopic (exact) mass is 469 g/mol. The number of nitrogens with zero attached hydrogens (tertiary/aromatic N) is 3. The molecule has 0 aliphatic carbocycles. The summed E-state index contributed by atoms with van der Waals surface area (Å²) < 4.78 is 1.50. The fourth-order valence-corrected chi connectivity index (χ4v) is 4.93. The van der Waals surface area contributed by atoms with Gasteiger partial charge in [-0.15, -0.1) is 0 Å². The fourth-order valence-electron chi connectivity index (χ4n) is 4.93. The van der Waals surface area contributed by atoms with Crippen molar-refractivity contribution in [3.63, 3.8) is 0 Å². The lowest BCUT2D eigenvalue weighted by Crippen LogP contribution is -2.51. The third-order valence-corrected chi connectivity index (χ3v) is 6.57. The lowest BCUT2D eigenvalue weighted by molar-refractivity contribution is -0.141. The van der Waals surface area contributed by atoms with Gasteiger partial charge in [0.1, 0.15) is 12.6 Å². The van der Waals surface area contributed by atoms with Crippen LogP contribution in [0, 0.1) is 6.92 Å². The molecule has 1 aromatic heterocycles. The molecule has 1 aliphatic rings. The summed E-state index contributed by atoms with van der Waals surface area (Å²) in [5.74, 6) is -1.06. The molecule has 2 heterocycles. The van der Waals surface area contributed by atoms with Gasteiger partial charge in [-0.3, -0.25) is 19.1 Å². The highest BCUT2D eigenvalue weighted by molar-refractivity contribution is 6.06. The molecule has 0 saturated carbocycles. The van der Waals surface area contributed by atoms with Gasteiger partial charge in [0.05, 0.1) is 5.52 Å². The fraction of sp³-hybridized carbons (Fsp3) is 0.259. The van der Waals surface area contributed by atoms with Crippen molar-refractivity contribution in [3.8, 4) is 0 Å². The molecule has 1 aliphatic heterocycles. The molecule has 0 unspecified atom stereocenters. The number of anilines is 1. The molecular formula is C27H27N5O3. The van der Waals surface area contributed by atoms with Crippen LogP contribution in [0.2, 0.25) is 0 Å². The van der Waals surface area contributed by atoms with E-state index in [2.05, 4.69) is 16.5 Å². The Balaban J connectivity index is 1.40. The maximum atomic E-state index is 13.4. The highest BCUT2D eigenvalue weighted by Crippen LogP contribution is 2.27. The minimum Gasteiger partial charge on any atom is -0.364 e. The number of hydrogen-bond acceptors (Lipinski definition) is 4. The molecule has 3 amide bonds. The molecule has 0 bridgehead atoms. The Hall–Kier alpha value is -4.20. The first kappa shape index (κ1) is 22.6. The Kier molecular flexibility index (Phi) is 5.94. The number of likely N-dealkylation sites (tertiary alicyclic amines) is 1. The van der Waals surface area contributed by atoms with Crippen molar-refractivity contribution in [3.05, 3.63) is 71.9 Å². The Morgan fingerprint density at radius 3 is 2.57 bits per heavy atom. The predicted molar refractivity (Wildman–Crippen MR) is 135 cm³/mol. The first-order valence-electron chi connectivity index (χ1n) is 11.8. The Morgan fingerprint density at radius 1 is 1.03 bits per heavy atom. The van der Waals surface area contributed by atoms with Crippen LogP contribution in [0.5, 0.6) is 0 Å². The van der Waals surface area contributed by atoms with Crippen LogP contribution in [-0.4, -0.2) is 45.0 Å². The van der Waals surface area contributed by atoms with E-state index in [1.54, 1.807) is 23.1 Å². The van der Waals surface area contributed by atoms with Crippen molar-refractivity contribution in [2.24, 2.45) is 5.73 Å². The van der Waals surface area contributed by atoms with E-state index in [1.807, 2.05) is 43.3 Å². The normalized spacial score (nSPS) is 15.9. The van der Waals surface area contributed by atoms with Crippen molar-refractivity contribution < 1.29 is 14.4 Å². The van der Waals surface area contributed by atoms with E-state index < -0.39 is 11.9 Å². The number of nitrogens with one attached hydrogen (secondary N) is 1. The third kappa shape index (κ3) is 4.35. The average molecular weight is 470 g/mol. The van der Waals surface area contributed by atoms with E-state index in [4.69, 9.17) is 5.73 Å². The van der Waals surface area contributed by atoms with Gasteiger partial charge in [0, 0.05) is 23.0 Å². The maximum Gasteiger partial charge on any atom is 0.269 e. The number of para-hydroxylation sites is 1. The number of hydrogen-bond donors (Lipinski definition) is 2. The van der Waals surface area contributed by atoms with Gasteiger partial charge >= 0.3 is 0 Å². The van der Waals surface area contributed by atoms with E-state index >= 15 is 0 Å². The van der Waals surface area contributed by atoms with Gasteiger partial charge in [-0.05, 0) is 49.3 Å². The first-order valence-corrected chi connectivity index (χ1v) is 11.8. The van der Waals surface area contributed by atoms with E-state index in [9.17, 15) is 14.4 Å². The van der Waals surface area contributed by atoms with E-state index in [-0.39, 0.29) is 24.1 Å². The van der Waals surface area contributed by atoms with Gasteiger partial charge in [-0.2, -0.15) is 5.10 Å². The largest absolute Gasteiger partial charge is 0.364 e. The highest BCUT2D eigenvalue weighted by Gasteiger charge is 2.33. The zero-order valence-corrected chi connectivity index (χ0v) is 19.5. The van der Waals surface area contributed by atoms with Gasteiger partial charge in [-0.25, -0.2) is 0 Å². The maximum absolute atomic E-state index is 13.4. The molecule has 35 heavy (non-hydrogen) atoms. The SMILES string of the molecule is Cc1cc(NC(=O)[C@@H]2CCCCN2C(=O)Cn2nc(C(N)=O)c3ccccc32)c2ccccc2c1. The smallest absolute Gasteiger partial charge is 0.269 e. The molecule has 1 atom stereocenters. The number of aryl methyl sites for hydroxylation is 1. The first-order chi connectivity index (χ1) is 16.9. The molecule has 1 fully saturated rings. The molecule has 5 rings (SSSR count). The van der Waals surface area contributed by atoms with Gasteiger partial charge < -0.3 is 16.0 Å². The molecule has 4 aromatic rings. The van der Waals surface area contributed by atoms with Gasteiger partial charge in [0.2, 0.25) is 11.8 Å². The van der Waals surface area contributed by atoms with Crippen LogP contribution in [0.1, 0.15) is 35.3 Å². The molecule has 1 saturated heterocycles. The molecule has 178 valence electrons. The van der Waals surface area contributed by atoms with E-state index in [1.165, 1.54) is 4.68 Å². The number of nitrogens with two attached hydrogens (primary N) is 1. The summed E-state index contributed by atoms with van der Waals surface area (Å²) in [6, 6.07) is 18.5. The predicted octanol–water partition coefficient (Wildman–Crippen LogP) is 3.62. The minimum atomic E-state index is -0.645. The second-order valence-corrected chi connectivity index (χ2v) is 9.01.